The number of rotatable bonds is 7. The van der Waals surface area contributed by atoms with Gasteiger partial charge in [-0.1, -0.05) is 27.7 Å². The van der Waals surface area contributed by atoms with Gasteiger partial charge in [-0.05, 0) is 12.8 Å². The summed E-state index contributed by atoms with van der Waals surface area (Å²) in [4.78, 5) is 23.5. The maximum atomic E-state index is 12.4. The Morgan fingerprint density at radius 3 is 2.38 bits per heavy atom. The van der Waals surface area contributed by atoms with E-state index in [4.69, 9.17) is 15.6 Å². The van der Waals surface area contributed by atoms with Crippen LogP contribution in [0.1, 0.15) is 41.0 Å². The molecule has 4 N–H and O–H groups in total. The molecule has 0 aromatic heterocycles. The van der Waals surface area contributed by atoms with E-state index in [9.17, 15) is 9.59 Å². The largest absolute Gasteiger partial charge is 0.481 e. The van der Waals surface area contributed by atoms with Crippen molar-refractivity contribution in [3.63, 3.8) is 0 Å². The van der Waals surface area contributed by atoms with Crippen LogP contribution in [0.15, 0.2) is 0 Å². The maximum absolute atomic E-state index is 12.4. The monoisotopic (exact) mass is 300 g/mol. The molecule has 0 radical (unpaired) electrons. The van der Waals surface area contributed by atoms with Gasteiger partial charge >= 0.3 is 5.97 Å². The third kappa shape index (κ3) is 3.21. The van der Waals surface area contributed by atoms with E-state index < -0.39 is 22.8 Å². The van der Waals surface area contributed by atoms with E-state index in [1.807, 2.05) is 34.6 Å². The molecule has 122 valence electrons. The van der Waals surface area contributed by atoms with Crippen LogP contribution < -0.4 is 11.1 Å². The molecule has 1 saturated carbocycles. The molecule has 1 amide bonds. The Kier molecular flexibility index (Phi) is 5.39. The number of amides is 1. The predicted octanol–water partition coefficient (Wildman–Crippen LogP) is 0.992. The summed E-state index contributed by atoms with van der Waals surface area (Å²) in [7, 11) is 0. The quantitative estimate of drug-likeness (QED) is 0.651. The van der Waals surface area contributed by atoms with Crippen molar-refractivity contribution in [2.45, 2.75) is 52.7 Å². The third-order valence-corrected chi connectivity index (χ3v) is 4.84. The molecular formula is C15H28N2O4. The average Bonchev–Trinajstić information content (AvgIpc) is 2.37. The second-order valence-corrected chi connectivity index (χ2v) is 6.74. The smallest absolute Gasteiger partial charge is 0.308 e. The number of carbonyl (C=O) groups excluding carboxylic acids is 1. The van der Waals surface area contributed by atoms with E-state index in [-0.39, 0.29) is 24.5 Å². The molecule has 0 saturated heterocycles. The molecule has 3 unspecified atom stereocenters. The van der Waals surface area contributed by atoms with Crippen LogP contribution >= 0.6 is 0 Å². The Morgan fingerprint density at radius 2 is 2.00 bits per heavy atom. The highest BCUT2D eigenvalue weighted by atomic mass is 16.5. The van der Waals surface area contributed by atoms with Crippen LogP contribution in [0.2, 0.25) is 0 Å². The van der Waals surface area contributed by atoms with Gasteiger partial charge in [-0.15, -0.1) is 0 Å². The van der Waals surface area contributed by atoms with E-state index in [2.05, 4.69) is 5.32 Å². The molecular weight excluding hydrogens is 272 g/mol. The van der Waals surface area contributed by atoms with Gasteiger partial charge in [-0.25, -0.2) is 0 Å². The van der Waals surface area contributed by atoms with Gasteiger partial charge in [0.2, 0.25) is 5.91 Å². The molecule has 0 aliphatic heterocycles. The van der Waals surface area contributed by atoms with E-state index in [0.717, 1.165) is 0 Å². The summed E-state index contributed by atoms with van der Waals surface area (Å²) in [5, 5.41) is 11.8. The predicted molar refractivity (Wildman–Crippen MR) is 79.7 cm³/mol. The minimum atomic E-state index is -1.01. The molecule has 0 bridgehead atoms. The molecule has 1 fully saturated rings. The molecule has 1 aliphatic rings. The number of aliphatic carboxylic acids is 1. The van der Waals surface area contributed by atoms with Gasteiger partial charge in [0.1, 0.15) is 5.54 Å². The first-order valence-electron chi connectivity index (χ1n) is 7.49. The summed E-state index contributed by atoms with van der Waals surface area (Å²) in [5.74, 6) is -1.86. The van der Waals surface area contributed by atoms with Crippen LogP contribution in [-0.2, 0) is 14.3 Å². The van der Waals surface area contributed by atoms with Crippen LogP contribution in [0.25, 0.3) is 0 Å². The minimum absolute atomic E-state index is 0.0429. The number of nitrogens with two attached hydrogens (primary N) is 1. The van der Waals surface area contributed by atoms with Gasteiger partial charge in [0.15, 0.2) is 0 Å². The van der Waals surface area contributed by atoms with E-state index >= 15 is 0 Å². The molecule has 0 aromatic carbocycles. The zero-order valence-electron chi connectivity index (χ0n) is 13.6. The Hall–Kier alpha value is -1.14. The average molecular weight is 300 g/mol. The fourth-order valence-corrected chi connectivity index (χ4v) is 2.79. The second kappa shape index (κ2) is 6.32. The van der Waals surface area contributed by atoms with Crippen LogP contribution in [0.3, 0.4) is 0 Å². The minimum Gasteiger partial charge on any atom is -0.481 e. The lowest BCUT2D eigenvalue weighted by molar-refractivity contribution is -0.171. The normalized spacial score (nSPS) is 28.8. The van der Waals surface area contributed by atoms with Crippen molar-refractivity contribution in [1.82, 2.24) is 5.32 Å². The zero-order valence-corrected chi connectivity index (χ0v) is 13.6. The number of carboxylic acid groups (broad SMARTS) is 1. The lowest BCUT2D eigenvalue weighted by atomic mass is 9.54. The first kappa shape index (κ1) is 17.9. The molecule has 6 nitrogen and oxygen atoms in total. The summed E-state index contributed by atoms with van der Waals surface area (Å²) in [5.41, 5.74) is 4.77. The molecule has 0 aromatic rings. The van der Waals surface area contributed by atoms with E-state index in [0.29, 0.717) is 13.0 Å². The van der Waals surface area contributed by atoms with Gasteiger partial charge in [0.25, 0.3) is 0 Å². The Bertz CT molecular complexity index is 408. The van der Waals surface area contributed by atoms with Crippen molar-refractivity contribution >= 4 is 11.9 Å². The molecule has 6 heteroatoms. The highest BCUT2D eigenvalue weighted by Crippen LogP contribution is 2.49. The topological polar surface area (TPSA) is 102 Å². The summed E-state index contributed by atoms with van der Waals surface area (Å²) in [6.45, 7) is 10.1. The third-order valence-electron chi connectivity index (χ3n) is 4.84. The van der Waals surface area contributed by atoms with Crippen molar-refractivity contribution in [3.05, 3.63) is 0 Å². The summed E-state index contributed by atoms with van der Waals surface area (Å²) in [6, 6.07) is 0. The number of hydrogen-bond acceptors (Lipinski definition) is 4. The summed E-state index contributed by atoms with van der Waals surface area (Å²) in [6.07, 6.45) is 0.414. The number of ether oxygens (including phenoxy) is 1. The second-order valence-electron chi connectivity index (χ2n) is 6.74. The highest BCUT2D eigenvalue weighted by Gasteiger charge is 2.62. The van der Waals surface area contributed by atoms with Gasteiger partial charge in [-0.2, -0.15) is 0 Å². The molecule has 0 heterocycles. The van der Waals surface area contributed by atoms with Gasteiger partial charge in [-0.3, -0.25) is 9.59 Å². The van der Waals surface area contributed by atoms with Gasteiger partial charge < -0.3 is 20.9 Å². The first-order valence-corrected chi connectivity index (χ1v) is 7.49. The molecule has 3 atom stereocenters. The maximum Gasteiger partial charge on any atom is 0.308 e. The van der Waals surface area contributed by atoms with Crippen molar-refractivity contribution < 1.29 is 19.4 Å². The standard InChI is InChI=1S/C15H28N2O4/c1-6-21-11-7-15(16,14(11,4)5)13(20)17-8-10(9(2)3)12(18)19/h9-11H,6-8,16H2,1-5H3,(H,17,20)(H,18,19). The zero-order chi connectivity index (χ0) is 16.4. The number of nitrogens with one attached hydrogen (secondary N) is 1. The molecule has 21 heavy (non-hydrogen) atoms. The number of carbonyl (C=O) groups is 2. The fraction of sp³-hybridized carbons (Fsp3) is 0.867. The molecule has 1 aliphatic carbocycles. The number of hydrogen-bond donors (Lipinski definition) is 3. The number of carboxylic acids is 1. The molecule has 1 rings (SSSR count). The van der Waals surface area contributed by atoms with Crippen molar-refractivity contribution in [2.75, 3.05) is 13.2 Å². The Morgan fingerprint density at radius 1 is 1.43 bits per heavy atom. The highest BCUT2D eigenvalue weighted by molar-refractivity contribution is 5.89. The Labute approximate surface area is 126 Å². The first-order chi connectivity index (χ1) is 9.57. The van der Waals surface area contributed by atoms with Gasteiger partial charge in [0.05, 0.1) is 12.0 Å². The van der Waals surface area contributed by atoms with Crippen molar-refractivity contribution in [1.29, 1.82) is 0 Å². The van der Waals surface area contributed by atoms with E-state index in [1.54, 1.807) is 0 Å². The van der Waals surface area contributed by atoms with Crippen LogP contribution in [0.5, 0.6) is 0 Å². The van der Waals surface area contributed by atoms with Crippen LogP contribution in [0.4, 0.5) is 0 Å². The van der Waals surface area contributed by atoms with E-state index in [1.165, 1.54) is 0 Å². The van der Waals surface area contributed by atoms with Crippen molar-refractivity contribution in [3.8, 4) is 0 Å². The van der Waals surface area contributed by atoms with Crippen molar-refractivity contribution in [2.24, 2.45) is 23.0 Å². The fourth-order valence-electron chi connectivity index (χ4n) is 2.79. The molecule has 0 spiro atoms. The summed E-state index contributed by atoms with van der Waals surface area (Å²) < 4.78 is 5.59. The lowest BCUT2D eigenvalue weighted by Gasteiger charge is -2.57. The van der Waals surface area contributed by atoms with Crippen LogP contribution in [0, 0.1) is 17.3 Å². The van der Waals surface area contributed by atoms with Gasteiger partial charge in [0, 0.05) is 25.0 Å². The van der Waals surface area contributed by atoms with Crippen LogP contribution in [-0.4, -0.2) is 41.8 Å². The summed E-state index contributed by atoms with van der Waals surface area (Å²) >= 11 is 0. The lowest BCUT2D eigenvalue weighted by Crippen LogP contribution is -2.76. The Balaban J connectivity index is 2.66. The SMILES string of the molecule is CCOC1CC(N)(C(=O)NCC(C(=O)O)C(C)C)C1(C)C.